The van der Waals surface area contributed by atoms with Crippen LogP contribution in [-0.4, -0.2) is 44.9 Å². The van der Waals surface area contributed by atoms with Crippen molar-refractivity contribution in [2.75, 3.05) is 26.3 Å². The van der Waals surface area contributed by atoms with Crippen LogP contribution in [0.25, 0.3) is 0 Å². The van der Waals surface area contributed by atoms with Gasteiger partial charge < -0.3 is 10.1 Å². The van der Waals surface area contributed by atoms with Gasteiger partial charge in [0.25, 0.3) is 10.0 Å². The van der Waals surface area contributed by atoms with Gasteiger partial charge in [-0.3, -0.25) is 5.10 Å². The number of hydrogen-bond donors (Lipinski definition) is 3. The molecule has 8 heteroatoms. The molecule has 1 fully saturated rings. The summed E-state index contributed by atoms with van der Waals surface area (Å²) >= 11 is 0. The number of rotatable bonds is 11. The summed E-state index contributed by atoms with van der Waals surface area (Å²) in [5, 5.41) is 9.61. The zero-order chi connectivity index (χ0) is 15.1. The predicted molar refractivity (Wildman–Crippen MR) is 79.3 cm³/mol. The van der Waals surface area contributed by atoms with E-state index in [4.69, 9.17) is 4.74 Å². The maximum absolute atomic E-state index is 12.2. The van der Waals surface area contributed by atoms with Crippen molar-refractivity contribution < 1.29 is 13.2 Å². The average Bonchev–Trinajstić information content (AvgIpc) is 3.15. The maximum Gasteiger partial charge on any atom is 0.257 e. The molecule has 3 N–H and O–H groups in total. The summed E-state index contributed by atoms with van der Waals surface area (Å²) in [6, 6.07) is 0. The third kappa shape index (κ3) is 5.39. The molecule has 21 heavy (non-hydrogen) atoms. The second-order valence-electron chi connectivity index (χ2n) is 5.27. The van der Waals surface area contributed by atoms with Gasteiger partial charge in [0.1, 0.15) is 0 Å². The molecule has 1 aromatic heterocycles. The van der Waals surface area contributed by atoms with Crippen LogP contribution in [0.15, 0.2) is 11.2 Å². The summed E-state index contributed by atoms with van der Waals surface area (Å²) < 4.78 is 32.4. The van der Waals surface area contributed by atoms with E-state index in [2.05, 4.69) is 20.2 Å². The smallest absolute Gasteiger partial charge is 0.257 e. The first kappa shape index (κ1) is 16.4. The minimum atomic E-state index is -3.53. The van der Waals surface area contributed by atoms with Crippen LogP contribution in [0.2, 0.25) is 0 Å². The lowest BCUT2D eigenvalue weighted by Gasteiger charge is -2.08. The molecule has 0 unspecified atom stereocenters. The van der Waals surface area contributed by atoms with Crippen LogP contribution in [0.1, 0.15) is 31.7 Å². The van der Waals surface area contributed by atoms with Crippen LogP contribution in [0.5, 0.6) is 0 Å². The van der Waals surface area contributed by atoms with E-state index >= 15 is 0 Å². The molecule has 0 spiro atoms. The summed E-state index contributed by atoms with van der Waals surface area (Å²) in [7, 11) is -3.53. The van der Waals surface area contributed by atoms with Gasteiger partial charge in [0, 0.05) is 31.9 Å². The molecular formula is C13H24N4O3S. The van der Waals surface area contributed by atoms with Crippen LogP contribution >= 0.6 is 0 Å². The van der Waals surface area contributed by atoms with Crippen molar-refractivity contribution in [1.29, 1.82) is 0 Å². The van der Waals surface area contributed by atoms with E-state index in [-0.39, 0.29) is 5.03 Å². The maximum atomic E-state index is 12.2. The molecule has 0 atom stereocenters. The van der Waals surface area contributed by atoms with E-state index in [1.807, 2.05) is 6.92 Å². The van der Waals surface area contributed by atoms with Crippen molar-refractivity contribution in [2.45, 2.75) is 37.8 Å². The molecule has 0 aromatic carbocycles. The Labute approximate surface area is 125 Å². The third-order valence-electron chi connectivity index (χ3n) is 3.32. The molecule has 1 aliphatic rings. The second-order valence-corrected chi connectivity index (χ2v) is 6.98. The standard InChI is InChI=1S/C13H24N4O3S/c1-2-14-8-12-9-15-17-13(12)21(18,19)16-6-3-7-20-10-11-4-5-11/h9,11,14,16H,2-8,10H2,1H3,(H,15,17). The first-order chi connectivity index (χ1) is 10.1. The molecule has 0 saturated heterocycles. The summed E-state index contributed by atoms with van der Waals surface area (Å²) in [6.07, 6.45) is 4.74. The van der Waals surface area contributed by atoms with Gasteiger partial charge in [-0.25, -0.2) is 13.1 Å². The van der Waals surface area contributed by atoms with Gasteiger partial charge in [0.2, 0.25) is 0 Å². The molecule has 1 aromatic rings. The molecule has 2 rings (SSSR count). The quantitative estimate of drug-likeness (QED) is 0.520. The van der Waals surface area contributed by atoms with Crippen molar-refractivity contribution in [3.63, 3.8) is 0 Å². The Kier molecular flexibility index (Phi) is 6.16. The molecular weight excluding hydrogens is 292 g/mol. The monoisotopic (exact) mass is 316 g/mol. The fourth-order valence-electron chi connectivity index (χ4n) is 1.90. The fraction of sp³-hybridized carbons (Fsp3) is 0.769. The van der Waals surface area contributed by atoms with Gasteiger partial charge in [0.05, 0.1) is 6.20 Å². The molecule has 0 radical (unpaired) electrons. The zero-order valence-corrected chi connectivity index (χ0v) is 13.2. The lowest BCUT2D eigenvalue weighted by Crippen LogP contribution is -2.27. The normalized spacial score (nSPS) is 15.5. The molecule has 120 valence electrons. The summed E-state index contributed by atoms with van der Waals surface area (Å²) in [4.78, 5) is 0. The van der Waals surface area contributed by atoms with Crippen LogP contribution in [0, 0.1) is 5.92 Å². The minimum absolute atomic E-state index is 0.141. The average molecular weight is 316 g/mol. The number of aromatic amines is 1. The van der Waals surface area contributed by atoms with E-state index in [1.165, 1.54) is 19.0 Å². The molecule has 1 saturated carbocycles. The highest BCUT2D eigenvalue weighted by Crippen LogP contribution is 2.28. The van der Waals surface area contributed by atoms with Crippen LogP contribution < -0.4 is 10.0 Å². The van der Waals surface area contributed by atoms with Crippen LogP contribution in [-0.2, 0) is 21.3 Å². The fourth-order valence-corrected chi connectivity index (χ4v) is 3.11. The predicted octanol–water partition coefficient (Wildman–Crippen LogP) is 0.614. The van der Waals surface area contributed by atoms with Crippen molar-refractivity contribution in [1.82, 2.24) is 20.2 Å². The van der Waals surface area contributed by atoms with Crippen LogP contribution in [0.3, 0.4) is 0 Å². The topological polar surface area (TPSA) is 96.1 Å². The number of sulfonamides is 1. The Morgan fingerprint density at radius 1 is 1.48 bits per heavy atom. The number of aromatic nitrogens is 2. The van der Waals surface area contributed by atoms with Gasteiger partial charge >= 0.3 is 0 Å². The van der Waals surface area contributed by atoms with Gasteiger partial charge in [-0.05, 0) is 31.7 Å². The first-order valence-corrected chi connectivity index (χ1v) is 8.92. The number of ether oxygens (including phenoxy) is 1. The Balaban J connectivity index is 1.73. The summed E-state index contributed by atoms with van der Waals surface area (Å²) in [5.41, 5.74) is 0.648. The SMILES string of the molecule is CCNCc1cn[nH]c1S(=O)(=O)NCCCOCC1CC1. The number of nitrogens with one attached hydrogen (secondary N) is 3. The van der Waals surface area contributed by atoms with E-state index in [9.17, 15) is 8.42 Å². The van der Waals surface area contributed by atoms with E-state index < -0.39 is 10.0 Å². The number of nitrogens with zero attached hydrogens (tertiary/aromatic N) is 1. The van der Waals surface area contributed by atoms with Crippen molar-refractivity contribution in [3.8, 4) is 0 Å². The molecule has 0 bridgehead atoms. The molecule has 1 heterocycles. The van der Waals surface area contributed by atoms with Gasteiger partial charge in [-0.1, -0.05) is 6.92 Å². The number of H-pyrrole nitrogens is 1. The Bertz CT molecular complexity index is 525. The van der Waals surface area contributed by atoms with E-state index in [1.54, 1.807) is 0 Å². The van der Waals surface area contributed by atoms with Gasteiger partial charge in [0.15, 0.2) is 5.03 Å². The largest absolute Gasteiger partial charge is 0.381 e. The van der Waals surface area contributed by atoms with E-state index in [0.717, 1.165) is 19.1 Å². The van der Waals surface area contributed by atoms with Gasteiger partial charge in [-0.2, -0.15) is 5.10 Å². The lowest BCUT2D eigenvalue weighted by molar-refractivity contribution is 0.123. The highest BCUT2D eigenvalue weighted by atomic mass is 32.2. The lowest BCUT2D eigenvalue weighted by atomic mass is 10.3. The van der Waals surface area contributed by atoms with E-state index in [0.29, 0.717) is 31.7 Å². The van der Waals surface area contributed by atoms with Gasteiger partial charge in [-0.15, -0.1) is 0 Å². The Morgan fingerprint density at radius 3 is 3.00 bits per heavy atom. The number of hydrogen-bond acceptors (Lipinski definition) is 5. The van der Waals surface area contributed by atoms with Crippen molar-refractivity contribution >= 4 is 10.0 Å². The zero-order valence-electron chi connectivity index (χ0n) is 12.4. The van der Waals surface area contributed by atoms with Crippen LogP contribution in [0.4, 0.5) is 0 Å². The third-order valence-corrected chi connectivity index (χ3v) is 4.80. The minimum Gasteiger partial charge on any atom is -0.381 e. The summed E-state index contributed by atoms with van der Waals surface area (Å²) in [6.45, 7) is 4.98. The molecule has 0 aliphatic heterocycles. The molecule has 1 aliphatic carbocycles. The Morgan fingerprint density at radius 2 is 2.29 bits per heavy atom. The van der Waals surface area contributed by atoms with Crippen molar-refractivity contribution in [2.24, 2.45) is 5.92 Å². The van der Waals surface area contributed by atoms with Crippen molar-refractivity contribution in [3.05, 3.63) is 11.8 Å². The highest BCUT2D eigenvalue weighted by molar-refractivity contribution is 7.89. The Hall–Kier alpha value is -0.960. The second kappa shape index (κ2) is 7.88. The summed E-state index contributed by atoms with van der Waals surface area (Å²) in [5.74, 6) is 0.736. The molecule has 7 nitrogen and oxygen atoms in total. The first-order valence-electron chi connectivity index (χ1n) is 7.44. The molecule has 0 amide bonds. The highest BCUT2D eigenvalue weighted by Gasteiger charge is 2.21.